The van der Waals surface area contributed by atoms with Crippen molar-refractivity contribution < 1.29 is 9.53 Å². The molecule has 1 atom stereocenters. The van der Waals surface area contributed by atoms with Gasteiger partial charge < -0.3 is 10.1 Å². The Morgan fingerprint density at radius 3 is 2.36 bits per heavy atom. The minimum atomic E-state index is -0.191. The number of hydrogen-bond donors (Lipinski definition) is 1. The average molecular weight is 381 g/mol. The van der Waals surface area contributed by atoms with Crippen molar-refractivity contribution >= 4 is 5.91 Å². The van der Waals surface area contributed by atoms with Gasteiger partial charge in [0.05, 0.1) is 19.3 Å². The first kappa shape index (κ1) is 20.6. The maximum Gasteiger partial charge on any atom is 0.220 e. The lowest BCUT2D eigenvalue weighted by Gasteiger charge is -2.35. The number of morpholine rings is 1. The molecule has 0 bridgehead atoms. The van der Waals surface area contributed by atoms with E-state index < -0.39 is 0 Å². The monoisotopic (exact) mass is 380 g/mol. The third-order valence-corrected chi connectivity index (χ3v) is 5.60. The lowest BCUT2D eigenvalue weighted by atomic mass is 9.81. The molecule has 0 spiro atoms. The van der Waals surface area contributed by atoms with Crippen LogP contribution in [0.1, 0.15) is 43.0 Å². The van der Waals surface area contributed by atoms with Crippen LogP contribution in [0.2, 0.25) is 0 Å². The fraction of sp³-hybridized carbons (Fsp3) is 0.458. The summed E-state index contributed by atoms with van der Waals surface area (Å²) in [6.07, 6.45) is 0.473. The molecule has 4 heteroatoms. The summed E-state index contributed by atoms with van der Waals surface area (Å²) in [5.74, 6) is 0.0965. The first-order valence-corrected chi connectivity index (χ1v) is 10.2. The molecule has 1 amide bonds. The fourth-order valence-electron chi connectivity index (χ4n) is 3.80. The number of aryl methyl sites for hydroxylation is 1. The molecule has 1 fully saturated rings. The second-order valence-corrected chi connectivity index (χ2v) is 8.31. The van der Waals surface area contributed by atoms with Crippen molar-refractivity contribution in [3.63, 3.8) is 0 Å². The van der Waals surface area contributed by atoms with Crippen LogP contribution in [0.3, 0.4) is 0 Å². The van der Waals surface area contributed by atoms with Crippen LogP contribution in [-0.2, 0) is 14.9 Å². The van der Waals surface area contributed by atoms with Crippen LogP contribution >= 0.6 is 0 Å². The van der Waals surface area contributed by atoms with E-state index in [2.05, 4.69) is 67.4 Å². The van der Waals surface area contributed by atoms with E-state index in [0.717, 1.165) is 26.3 Å². The zero-order valence-corrected chi connectivity index (χ0v) is 17.3. The molecule has 0 aliphatic carbocycles. The van der Waals surface area contributed by atoms with E-state index in [1.54, 1.807) is 0 Å². The summed E-state index contributed by atoms with van der Waals surface area (Å²) in [4.78, 5) is 15.2. The van der Waals surface area contributed by atoms with Gasteiger partial charge in [0.15, 0.2) is 0 Å². The molecule has 1 aliphatic heterocycles. The predicted molar refractivity (Wildman–Crippen MR) is 113 cm³/mol. The number of benzene rings is 2. The van der Waals surface area contributed by atoms with E-state index in [9.17, 15) is 4.79 Å². The normalized spacial score (nSPS) is 16.5. The Morgan fingerprint density at radius 1 is 1.07 bits per heavy atom. The van der Waals surface area contributed by atoms with Gasteiger partial charge in [-0.15, -0.1) is 0 Å². The van der Waals surface area contributed by atoms with Crippen molar-refractivity contribution in [2.24, 2.45) is 0 Å². The molecule has 0 saturated carbocycles. The lowest BCUT2D eigenvalue weighted by Crippen LogP contribution is -2.44. The third kappa shape index (κ3) is 5.43. The Morgan fingerprint density at radius 2 is 1.71 bits per heavy atom. The Hall–Kier alpha value is -2.17. The Bertz CT molecular complexity index is 750. The van der Waals surface area contributed by atoms with Gasteiger partial charge in [-0.05, 0) is 23.5 Å². The van der Waals surface area contributed by atoms with E-state index in [-0.39, 0.29) is 17.4 Å². The SMILES string of the molecule is Cc1ccc(C(CNC(=O)CC(C)(C)c2ccccc2)N2CCOCC2)cc1. The van der Waals surface area contributed by atoms with Crippen molar-refractivity contribution in [1.82, 2.24) is 10.2 Å². The number of hydrogen-bond acceptors (Lipinski definition) is 3. The number of amides is 1. The van der Waals surface area contributed by atoms with Gasteiger partial charge in [-0.3, -0.25) is 9.69 Å². The van der Waals surface area contributed by atoms with Crippen LogP contribution in [0.25, 0.3) is 0 Å². The van der Waals surface area contributed by atoms with Gasteiger partial charge in [0, 0.05) is 26.1 Å². The number of nitrogens with zero attached hydrogens (tertiary/aromatic N) is 1. The topological polar surface area (TPSA) is 41.6 Å². The smallest absolute Gasteiger partial charge is 0.220 e. The largest absolute Gasteiger partial charge is 0.379 e. The van der Waals surface area contributed by atoms with Gasteiger partial charge in [-0.2, -0.15) is 0 Å². The number of carbonyl (C=O) groups excluding carboxylic acids is 1. The Kier molecular flexibility index (Phi) is 6.87. The molecule has 1 N–H and O–H groups in total. The van der Waals surface area contributed by atoms with Crippen molar-refractivity contribution in [1.29, 1.82) is 0 Å². The van der Waals surface area contributed by atoms with Crippen LogP contribution in [-0.4, -0.2) is 43.7 Å². The lowest BCUT2D eigenvalue weighted by molar-refractivity contribution is -0.122. The third-order valence-electron chi connectivity index (χ3n) is 5.60. The minimum absolute atomic E-state index is 0.0965. The van der Waals surface area contributed by atoms with Gasteiger partial charge in [-0.1, -0.05) is 74.0 Å². The molecule has 1 saturated heterocycles. The predicted octanol–water partition coefficient (Wildman–Crippen LogP) is 3.85. The molecule has 150 valence electrons. The van der Waals surface area contributed by atoms with Gasteiger partial charge in [-0.25, -0.2) is 0 Å². The quantitative estimate of drug-likeness (QED) is 0.793. The molecular formula is C24H32N2O2. The van der Waals surface area contributed by atoms with Crippen LogP contribution < -0.4 is 5.32 Å². The maximum absolute atomic E-state index is 12.8. The van der Waals surface area contributed by atoms with E-state index >= 15 is 0 Å². The number of nitrogens with one attached hydrogen (secondary N) is 1. The van der Waals surface area contributed by atoms with E-state index in [1.807, 2.05) is 18.2 Å². The van der Waals surface area contributed by atoms with Gasteiger partial charge in [0.1, 0.15) is 0 Å². The van der Waals surface area contributed by atoms with Crippen molar-refractivity contribution in [3.8, 4) is 0 Å². The highest BCUT2D eigenvalue weighted by molar-refractivity contribution is 5.77. The highest BCUT2D eigenvalue weighted by Crippen LogP contribution is 2.27. The highest BCUT2D eigenvalue weighted by atomic mass is 16.5. The molecular weight excluding hydrogens is 348 g/mol. The Balaban J connectivity index is 1.65. The van der Waals surface area contributed by atoms with Crippen molar-refractivity contribution in [3.05, 3.63) is 71.3 Å². The molecule has 4 nitrogen and oxygen atoms in total. The summed E-state index contributed by atoms with van der Waals surface area (Å²) < 4.78 is 5.52. The molecule has 2 aromatic rings. The van der Waals surface area contributed by atoms with Gasteiger partial charge in [0.2, 0.25) is 5.91 Å². The molecule has 2 aromatic carbocycles. The zero-order chi connectivity index (χ0) is 20.0. The van der Waals surface area contributed by atoms with Crippen molar-refractivity contribution in [2.45, 2.75) is 38.6 Å². The number of ether oxygens (including phenoxy) is 1. The first-order valence-electron chi connectivity index (χ1n) is 10.2. The molecule has 0 radical (unpaired) electrons. The fourth-order valence-corrected chi connectivity index (χ4v) is 3.80. The second kappa shape index (κ2) is 9.35. The maximum atomic E-state index is 12.8. The molecule has 3 rings (SSSR count). The van der Waals surface area contributed by atoms with Crippen LogP contribution in [0.4, 0.5) is 0 Å². The number of rotatable bonds is 7. The summed E-state index contributed by atoms with van der Waals surface area (Å²) >= 11 is 0. The average Bonchev–Trinajstić information content (AvgIpc) is 2.70. The van der Waals surface area contributed by atoms with Gasteiger partial charge in [0.25, 0.3) is 0 Å². The van der Waals surface area contributed by atoms with Crippen molar-refractivity contribution in [2.75, 3.05) is 32.8 Å². The van der Waals surface area contributed by atoms with E-state index in [0.29, 0.717) is 13.0 Å². The van der Waals surface area contributed by atoms with Gasteiger partial charge >= 0.3 is 0 Å². The van der Waals surface area contributed by atoms with E-state index in [1.165, 1.54) is 16.7 Å². The molecule has 1 aliphatic rings. The van der Waals surface area contributed by atoms with Crippen LogP contribution in [0, 0.1) is 6.92 Å². The summed E-state index contributed by atoms with van der Waals surface area (Å²) in [6, 6.07) is 19.1. The van der Waals surface area contributed by atoms with E-state index in [4.69, 9.17) is 4.74 Å². The summed E-state index contributed by atoms with van der Waals surface area (Å²) in [6.45, 7) is 10.2. The molecule has 1 heterocycles. The highest BCUT2D eigenvalue weighted by Gasteiger charge is 2.26. The minimum Gasteiger partial charge on any atom is -0.379 e. The summed E-state index contributed by atoms with van der Waals surface area (Å²) in [5, 5.41) is 3.20. The standard InChI is InChI=1S/C24H32N2O2/c1-19-9-11-20(12-10-19)22(26-13-15-28-16-14-26)18-25-23(27)17-24(2,3)21-7-5-4-6-8-21/h4-12,22H,13-18H2,1-3H3,(H,25,27). The molecule has 1 unspecified atom stereocenters. The summed E-state index contributed by atoms with van der Waals surface area (Å²) in [7, 11) is 0. The Labute approximate surface area is 168 Å². The van der Waals surface area contributed by atoms with Crippen LogP contribution in [0.5, 0.6) is 0 Å². The first-order chi connectivity index (χ1) is 13.5. The zero-order valence-electron chi connectivity index (χ0n) is 17.3. The number of carbonyl (C=O) groups is 1. The molecule has 28 heavy (non-hydrogen) atoms. The molecule has 0 aromatic heterocycles. The second-order valence-electron chi connectivity index (χ2n) is 8.31. The summed E-state index contributed by atoms with van der Waals surface area (Å²) in [5.41, 5.74) is 3.49. The van der Waals surface area contributed by atoms with Crippen LogP contribution in [0.15, 0.2) is 54.6 Å².